The molecule has 0 fully saturated rings. The first-order chi connectivity index (χ1) is 8.09. The van der Waals surface area contributed by atoms with Crippen LogP contribution >= 0.6 is 0 Å². The zero-order valence-corrected chi connectivity index (χ0v) is 9.24. The van der Waals surface area contributed by atoms with Crippen LogP contribution in [0.25, 0.3) is 0 Å². The van der Waals surface area contributed by atoms with E-state index in [2.05, 4.69) is 4.99 Å². The van der Waals surface area contributed by atoms with Gasteiger partial charge < -0.3 is 0 Å². The Kier molecular flexibility index (Phi) is 2.97. The first-order valence-electron chi connectivity index (χ1n) is 4.61. The van der Waals surface area contributed by atoms with Crippen LogP contribution in [0.2, 0.25) is 0 Å². The summed E-state index contributed by atoms with van der Waals surface area (Å²) in [6.07, 6.45) is 2.55. The third kappa shape index (κ3) is 2.21. The standard InChI is InChI=1S/C11H6FNO3S/c12-8-3-1-7(2-4-8)10(14)9-5-6-13-11(9)17(15)16/h1-6H. The average Bonchev–Trinajstić information content (AvgIpc) is 2.78. The van der Waals surface area contributed by atoms with Gasteiger partial charge in [0.2, 0.25) is 10.3 Å². The molecule has 86 valence electrons. The number of hydrogen-bond donors (Lipinski definition) is 0. The summed E-state index contributed by atoms with van der Waals surface area (Å²) < 4.78 is 34.3. The van der Waals surface area contributed by atoms with Gasteiger partial charge in [-0.05, 0) is 30.3 Å². The number of aliphatic imine (C=N–C) groups is 1. The molecule has 0 saturated heterocycles. The fraction of sp³-hybridized carbons (Fsp3) is 0. The number of halogens is 1. The van der Waals surface area contributed by atoms with Crippen LogP contribution in [-0.2, 0) is 10.3 Å². The van der Waals surface area contributed by atoms with Gasteiger partial charge in [0.25, 0.3) is 0 Å². The second-order valence-corrected chi connectivity index (χ2v) is 4.09. The van der Waals surface area contributed by atoms with E-state index in [4.69, 9.17) is 0 Å². The molecule has 0 spiro atoms. The number of ketones is 1. The normalized spacial score (nSPS) is 13.7. The molecule has 17 heavy (non-hydrogen) atoms. The molecule has 0 bridgehead atoms. The summed E-state index contributed by atoms with van der Waals surface area (Å²) in [5, 5.41) is 0. The van der Waals surface area contributed by atoms with E-state index in [1.165, 1.54) is 24.4 Å². The minimum atomic E-state index is -2.56. The fourth-order valence-electron chi connectivity index (χ4n) is 1.38. The van der Waals surface area contributed by atoms with Gasteiger partial charge in [-0.15, -0.1) is 0 Å². The second-order valence-electron chi connectivity index (χ2n) is 3.23. The van der Waals surface area contributed by atoms with Crippen molar-refractivity contribution in [2.45, 2.75) is 0 Å². The van der Waals surface area contributed by atoms with Crippen LogP contribution < -0.4 is 0 Å². The van der Waals surface area contributed by atoms with Crippen molar-refractivity contribution in [2.75, 3.05) is 0 Å². The molecular formula is C11H6FNO3S. The zero-order valence-electron chi connectivity index (χ0n) is 8.42. The summed E-state index contributed by atoms with van der Waals surface area (Å²) >= 11 is 0. The lowest BCUT2D eigenvalue weighted by atomic mass is 10.0. The Labute approximate surface area is 97.6 Å². The third-order valence-corrected chi connectivity index (χ3v) is 2.81. The van der Waals surface area contributed by atoms with Gasteiger partial charge in [0.05, 0.1) is 5.57 Å². The van der Waals surface area contributed by atoms with Gasteiger partial charge >= 0.3 is 0 Å². The van der Waals surface area contributed by atoms with Gasteiger partial charge in [0, 0.05) is 11.8 Å². The van der Waals surface area contributed by atoms with E-state index < -0.39 is 21.9 Å². The third-order valence-electron chi connectivity index (χ3n) is 2.17. The molecule has 0 aliphatic carbocycles. The van der Waals surface area contributed by atoms with Crippen molar-refractivity contribution < 1.29 is 17.6 Å². The number of rotatable bonds is 2. The Morgan fingerprint density at radius 3 is 2.41 bits per heavy atom. The molecule has 1 aromatic rings. The van der Waals surface area contributed by atoms with Gasteiger partial charge in [-0.1, -0.05) is 0 Å². The van der Waals surface area contributed by atoms with Gasteiger partial charge in [-0.2, -0.15) is 8.42 Å². The van der Waals surface area contributed by atoms with E-state index in [0.29, 0.717) is 0 Å². The summed E-state index contributed by atoms with van der Waals surface area (Å²) in [6.45, 7) is 0. The van der Waals surface area contributed by atoms with Crippen LogP contribution in [0.15, 0.2) is 40.9 Å². The Hall–Kier alpha value is -2.08. The lowest BCUT2D eigenvalue weighted by Crippen LogP contribution is -2.10. The van der Waals surface area contributed by atoms with Crippen LogP contribution in [0, 0.1) is 5.82 Å². The van der Waals surface area contributed by atoms with E-state index in [-0.39, 0.29) is 16.1 Å². The van der Waals surface area contributed by atoms with E-state index in [1.54, 1.807) is 0 Å². The van der Waals surface area contributed by atoms with Gasteiger partial charge in [0.15, 0.2) is 10.8 Å². The van der Waals surface area contributed by atoms with Gasteiger partial charge in [0.1, 0.15) is 5.82 Å². The topological polar surface area (TPSA) is 63.6 Å². The molecule has 1 heterocycles. The number of carbonyl (C=O) groups excluding carboxylic acids is 1. The summed E-state index contributed by atoms with van der Waals surface area (Å²) in [7, 11) is -2.56. The number of benzene rings is 1. The zero-order chi connectivity index (χ0) is 12.4. The number of nitrogens with zero attached hydrogens (tertiary/aromatic N) is 1. The highest BCUT2D eigenvalue weighted by Gasteiger charge is 2.21. The SMILES string of the molecule is O=C(C1=CC=NC1=S(=O)=O)c1ccc(F)cc1. The van der Waals surface area contributed by atoms with E-state index >= 15 is 0 Å². The summed E-state index contributed by atoms with van der Waals surface area (Å²) in [5.41, 5.74) is 0.205. The van der Waals surface area contributed by atoms with Gasteiger partial charge in [-0.3, -0.25) is 4.79 Å². The Morgan fingerprint density at radius 2 is 1.82 bits per heavy atom. The summed E-state index contributed by atoms with van der Waals surface area (Å²) in [4.78, 5) is 15.2. The molecule has 0 amide bonds. The lowest BCUT2D eigenvalue weighted by molar-refractivity contribution is 0.104. The summed E-state index contributed by atoms with van der Waals surface area (Å²) in [5.74, 6) is -0.962. The fourth-order valence-corrected chi connectivity index (χ4v) is 1.87. The molecule has 0 radical (unpaired) electrons. The van der Waals surface area contributed by atoms with Crippen molar-refractivity contribution in [2.24, 2.45) is 4.99 Å². The number of hydrogen-bond acceptors (Lipinski definition) is 3. The molecule has 0 atom stereocenters. The Bertz CT molecular complexity index is 661. The molecular weight excluding hydrogens is 245 g/mol. The summed E-state index contributed by atoms with van der Waals surface area (Å²) in [6, 6.07) is 4.86. The quantitative estimate of drug-likeness (QED) is 0.582. The maximum Gasteiger partial charge on any atom is 0.241 e. The Morgan fingerprint density at radius 1 is 1.18 bits per heavy atom. The Balaban J connectivity index is 2.41. The van der Waals surface area contributed by atoms with Crippen molar-refractivity contribution in [1.82, 2.24) is 0 Å². The highest BCUT2D eigenvalue weighted by atomic mass is 32.2. The van der Waals surface area contributed by atoms with Crippen molar-refractivity contribution in [3.63, 3.8) is 0 Å². The van der Waals surface area contributed by atoms with Crippen LogP contribution in [0.4, 0.5) is 4.39 Å². The van der Waals surface area contributed by atoms with Crippen LogP contribution in [0.5, 0.6) is 0 Å². The highest BCUT2D eigenvalue weighted by molar-refractivity contribution is 7.73. The molecule has 4 nitrogen and oxygen atoms in total. The van der Waals surface area contributed by atoms with Crippen LogP contribution in [0.3, 0.4) is 0 Å². The smallest absolute Gasteiger partial charge is 0.241 e. The maximum atomic E-state index is 12.7. The molecule has 0 N–H and O–H groups in total. The van der Waals surface area contributed by atoms with Crippen molar-refractivity contribution in [3.05, 3.63) is 47.3 Å². The van der Waals surface area contributed by atoms with Gasteiger partial charge in [-0.25, -0.2) is 9.38 Å². The minimum Gasteiger partial charge on any atom is -0.288 e. The number of Topliss-reactive ketones (excluding diaryl/α,β-unsaturated/α-hetero) is 1. The molecule has 1 aromatic carbocycles. The molecule has 1 aliphatic rings. The van der Waals surface area contributed by atoms with Crippen molar-refractivity contribution >= 4 is 27.3 Å². The monoisotopic (exact) mass is 251 g/mol. The lowest BCUT2D eigenvalue weighted by Gasteiger charge is -2.00. The number of carbonyl (C=O) groups is 1. The van der Waals surface area contributed by atoms with E-state index in [0.717, 1.165) is 12.1 Å². The molecule has 0 saturated carbocycles. The molecule has 1 aliphatic heterocycles. The average molecular weight is 251 g/mol. The minimum absolute atomic E-state index is 0.00931. The highest BCUT2D eigenvalue weighted by Crippen LogP contribution is 2.13. The second kappa shape index (κ2) is 4.42. The van der Waals surface area contributed by atoms with E-state index in [1.807, 2.05) is 0 Å². The largest absolute Gasteiger partial charge is 0.288 e. The molecule has 0 unspecified atom stereocenters. The van der Waals surface area contributed by atoms with Crippen molar-refractivity contribution in [3.8, 4) is 0 Å². The molecule has 0 aromatic heterocycles. The van der Waals surface area contributed by atoms with Crippen molar-refractivity contribution in [1.29, 1.82) is 0 Å². The first kappa shape index (κ1) is 11.4. The molecule has 2 rings (SSSR count). The van der Waals surface area contributed by atoms with Crippen LogP contribution in [0.1, 0.15) is 10.4 Å². The van der Waals surface area contributed by atoms with E-state index in [9.17, 15) is 17.6 Å². The maximum absolute atomic E-state index is 12.7. The number of allylic oxidation sites excluding steroid dienone is 1. The predicted molar refractivity (Wildman–Crippen MR) is 61.2 cm³/mol. The van der Waals surface area contributed by atoms with Crippen LogP contribution in [-0.4, -0.2) is 25.4 Å². The predicted octanol–water partition coefficient (Wildman–Crippen LogP) is 1.03. The first-order valence-corrected chi connectivity index (χ1v) is 5.68. The molecule has 6 heteroatoms.